The topological polar surface area (TPSA) is 38.3 Å². The summed E-state index contributed by atoms with van der Waals surface area (Å²) in [6.07, 6.45) is 0. The van der Waals surface area contributed by atoms with Crippen molar-refractivity contribution in [1.82, 2.24) is 5.32 Å². The van der Waals surface area contributed by atoms with Crippen LogP contribution in [0.5, 0.6) is 5.75 Å². The molecule has 0 bridgehead atoms. The van der Waals surface area contributed by atoms with Crippen LogP contribution in [0.25, 0.3) is 0 Å². The molecule has 0 aliphatic rings. The largest absolute Gasteiger partial charge is 0.483 e. The van der Waals surface area contributed by atoms with Crippen molar-refractivity contribution in [3.8, 4) is 5.75 Å². The second-order valence-corrected chi connectivity index (χ2v) is 5.90. The van der Waals surface area contributed by atoms with Gasteiger partial charge in [0, 0.05) is 11.0 Å². The number of carbonyl (C=O) groups is 1. The summed E-state index contributed by atoms with van der Waals surface area (Å²) in [6.45, 7) is 0.498. The van der Waals surface area contributed by atoms with Crippen LogP contribution < -0.4 is 10.1 Å². The zero-order valence-electron chi connectivity index (χ0n) is 10.6. The second kappa shape index (κ2) is 7.45. The van der Waals surface area contributed by atoms with Crippen LogP contribution in [0.4, 0.5) is 0 Å². The van der Waals surface area contributed by atoms with E-state index >= 15 is 0 Å². The van der Waals surface area contributed by atoms with E-state index in [0.29, 0.717) is 12.3 Å². The highest BCUT2D eigenvalue weighted by molar-refractivity contribution is 9.11. The third-order valence-electron chi connectivity index (χ3n) is 2.59. The Morgan fingerprint density at radius 1 is 1.10 bits per heavy atom. The summed E-state index contributed by atoms with van der Waals surface area (Å²) in [5, 5.41) is 2.81. The van der Waals surface area contributed by atoms with Crippen LogP contribution in [0, 0.1) is 0 Å². The highest BCUT2D eigenvalue weighted by Gasteiger charge is 2.06. The maximum atomic E-state index is 11.7. The van der Waals surface area contributed by atoms with Gasteiger partial charge in [-0.05, 0) is 39.7 Å². The Bertz CT molecular complexity index is 588. The average Bonchev–Trinajstić information content (AvgIpc) is 2.45. The molecule has 0 unspecified atom stereocenters. The van der Waals surface area contributed by atoms with E-state index in [4.69, 9.17) is 4.74 Å². The zero-order valence-corrected chi connectivity index (χ0v) is 13.8. The first kappa shape index (κ1) is 15.1. The first-order valence-corrected chi connectivity index (χ1v) is 7.62. The lowest BCUT2D eigenvalue weighted by atomic mass is 10.2. The second-order valence-electron chi connectivity index (χ2n) is 4.13. The molecule has 0 heterocycles. The molecular weight excluding hydrogens is 386 g/mol. The van der Waals surface area contributed by atoms with Gasteiger partial charge in [-0.2, -0.15) is 0 Å². The van der Waals surface area contributed by atoms with Crippen LogP contribution in [0.3, 0.4) is 0 Å². The smallest absolute Gasteiger partial charge is 0.258 e. The van der Waals surface area contributed by atoms with Crippen LogP contribution in [0.15, 0.2) is 57.5 Å². The SMILES string of the molecule is O=C(COc1ccc(Br)cc1Br)NCc1ccccc1. The molecule has 2 rings (SSSR count). The highest BCUT2D eigenvalue weighted by atomic mass is 79.9. The van der Waals surface area contributed by atoms with Crippen molar-refractivity contribution in [2.75, 3.05) is 6.61 Å². The van der Waals surface area contributed by atoms with Crippen LogP contribution in [-0.2, 0) is 11.3 Å². The Balaban J connectivity index is 1.80. The van der Waals surface area contributed by atoms with E-state index < -0.39 is 0 Å². The number of hydrogen-bond acceptors (Lipinski definition) is 2. The van der Waals surface area contributed by atoms with E-state index in [-0.39, 0.29) is 12.5 Å². The molecule has 0 aliphatic heterocycles. The van der Waals surface area contributed by atoms with E-state index in [1.807, 2.05) is 42.5 Å². The highest BCUT2D eigenvalue weighted by Crippen LogP contribution is 2.27. The van der Waals surface area contributed by atoms with Gasteiger partial charge in [-0.3, -0.25) is 4.79 Å². The van der Waals surface area contributed by atoms with Crippen molar-refractivity contribution in [3.63, 3.8) is 0 Å². The Labute approximate surface area is 134 Å². The lowest BCUT2D eigenvalue weighted by Crippen LogP contribution is -2.28. The van der Waals surface area contributed by atoms with Gasteiger partial charge in [-0.1, -0.05) is 46.3 Å². The van der Waals surface area contributed by atoms with Gasteiger partial charge in [0.05, 0.1) is 4.47 Å². The maximum absolute atomic E-state index is 11.7. The summed E-state index contributed by atoms with van der Waals surface area (Å²) in [4.78, 5) is 11.7. The maximum Gasteiger partial charge on any atom is 0.258 e. The third kappa shape index (κ3) is 4.65. The fourth-order valence-corrected chi connectivity index (χ4v) is 2.74. The monoisotopic (exact) mass is 397 g/mol. The Kier molecular flexibility index (Phi) is 5.61. The summed E-state index contributed by atoms with van der Waals surface area (Å²) in [7, 11) is 0. The number of nitrogens with one attached hydrogen (secondary N) is 1. The summed E-state index contributed by atoms with van der Waals surface area (Å²) in [5.41, 5.74) is 1.06. The van der Waals surface area contributed by atoms with E-state index in [0.717, 1.165) is 14.5 Å². The number of rotatable bonds is 5. The normalized spacial score (nSPS) is 10.1. The minimum atomic E-state index is -0.149. The van der Waals surface area contributed by atoms with E-state index in [1.165, 1.54) is 0 Å². The number of ether oxygens (including phenoxy) is 1. The van der Waals surface area contributed by atoms with Crippen molar-refractivity contribution in [3.05, 3.63) is 63.0 Å². The van der Waals surface area contributed by atoms with Gasteiger partial charge >= 0.3 is 0 Å². The van der Waals surface area contributed by atoms with Crippen molar-refractivity contribution >= 4 is 37.8 Å². The van der Waals surface area contributed by atoms with Crippen LogP contribution >= 0.6 is 31.9 Å². The molecule has 104 valence electrons. The van der Waals surface area contributed by atoms with Crippen LogP contribution in [-0.4, -0.2) is 12.5 Å². The van der Waals surface area contributed by atoms with Crippen LogP contribution in [0.1, 0.15) is 5.56 Å². The molecule has 0 aromatic heterocycles. The lowest BCUT2D eigenvalue weighted by Gasteiger charge is -2.09. The van der Waals surface area contributed by atoms with Gasteiger partial charge < -0.3 is 10.1 Å². The number of carbonyl (C=O) groups excluding carboxylic acids is 1. The number of benzene rings is 2. The van der Waals surface area contributed by atoms with Gasteiger partial charge in [-0.15, -0.1) is 0 Å². The van der Waals surface area contributed by atoms with Gasteiger partial charge in [0.15, 0.2) is 6.61 Å². The molecule has 2 aromatic carbocycles. The van der Waals surface area contributed by atoms with Gasteiger partial charge in [0.2, 0.25) is 0 Å². The van der Waals surface area contributed by atoms with Gasteiger partial charge in [-0.25, -0.2) is 0 Å². The van der Waals surface area contributed by atoms with E-state index in [2.05, 4.69) is 37.2 Å². The van der Waals surface area contributed by atoms with Crippen LogP contribution in [0.2, 0.25) is 0 Å². The Hall–Kier alpha value is -1.33. The molecule has 0 fully saturated rings. The summed E-state index contributed by atoms with van der Waals surface area (Å²) < 4.78 is 7.22. The average molecular weight is 399 g/mol. The standard InChI is InChI=1S/C15H13Br2NO2/c16-12-6-7-14(13(17)8-12)20-10-15(19)18-9-11-4-2-1-3-5-11/h1-8H,9-10H2,(H,18,19). The molecule has 1 amide bonds. The number of amides is 1. The molecule has 1 N–H and O–H groups in total. The summed E-state index contributed by atoms with van der Waals surface area (Å²) in [6, 6.07) is 15.3. The first-order chi connectivity index (χ1) is 9.65. The summed E-state index contributed by atoms with van der Waals surface area (Å²) in [5.74, 6) is 0.492. The lowest BCUT2D eigenvalue weighted by molar-refractivity contribution is -0.123. The molecule has 0 saturated carbocycles. The molecule has 0 aliphatic carbocycles. The number of halogens is 2. The quantitative estimate of drug-likeness (QED) is 0.829. The van der Waals surface area contributed by atoms with Crippen molar-refractivity contribution in [1.29, 1.82) is 0 Å². The molecule has 0 spiro atoms. The fourth-order valence-electron chi connectivity index (χ4n) is 1.58. The molecular formula is C15H13Br2NO2. The predicted molar refractivity (Wildman–Crippen MR) is 85.6 cm³/mol. The predicted octanol–water partition coefficient (Wildman–Crippen LogP) is 3.91. The molecule has 20 heavy (non-hydrogen) atoms. The molecule has 0 atom stereocenters. The van der Waals surface area contributed by atoms with E-state index in [1.54, 1.807) is 6.07 Å². The van der Waals surface area contributed by atoms with Crippen molar-refractivity contribution in [2.45, 2.75) is 6.54 Å². The van der Waals surface area contributed by atoms with Gasteiger partial charge in [0.1, 0.15) is 5.75 Å². The van der Waals surface area contributed by atoms with Crippen molar-refractivity contribution in [2.24, 2.45) is 0 Å². The zero-order chi connectivity index (χ0) is 14.4. The van der Waals surface area contributed by atoms with Crippen molar-refractivity contribution < 1.29 is 9.53 Å². The molecule has 2 aromatic rings. The minimum absolute atomic E-state index is 0.00688. The molecule has 0 radical (unpaired) electrons. The molecule has 5 heteroatoms. The Morgan fingerprint density at radius 2 is 1.85 bits per heavy atom. The first-order valence-electron chi connectivity index (χ1n) is 6.03. The third-order valence-corrected chi connectivity index (χ3v) is 3.70. The summed E-state index contributed by atoms with van der Waals surface area (Å²) >= 11 is 6.75. The molecule has 0 saturated heterocycles. The Morgan fingerprint density at radius 3 is 2.55 bits per heavy atom. The number of hydrogen-bond donors (Lipinski definition) is 1. The van der Waals surface area contributed by atoms with Gasteiger partial charge in [0.25, 0.3) is 5.91 Å². The minimum Gasteiger partial charge on any atom is -0.483 e. The van der Waals surface area contributed by atoms with E-state index in [9.17, 15) is 4.79 Å². The molecule has 3 nitrogen and oxygen atoms in total. The fraction of sp³-hybridized carbons (Fsp3) is 0.133.